The summed E-state index contributed by atoms with van der Waals surface area (Å²) in [7, 11) is 0. The van der Waals surface area contributed by atoms with Gasteiger partial charge in [-0.2, -0.15) is 0 Å². The number of unbranched alkanes of at least 4 members (excludes halogenated alkanes) is 1. The van der Waals surface area contributed by atoms with Crippen molar-refractivity contribution in [3.05, 3.63) is 29.8 Å². The highest BCUT2D eigenvalue weighted by Gasteiger charge is 2.01. The Morgan fingerprint density at radius 3 is 2.69 bits per heavy atom. The predicted molar refractivity (Wildman–Crippen MR) is 49.8 cm³/mol. The number of halogens is 2. The first-order chi connectivity index (χ1) is 6.24. The van der Waals surface area contributed by atoms with Crippen molar-refractivity contribution in [3.8, 4) is 0 Å². The third-order valence-electron chi connectivity index (χ3n) is 1.78. The fourth-order valence-corrected chi connectivity index (χ4v) is 1.03. The van der Waals surface area contributed by atoms with Crippen molar-refractivity contribution in [2.24, 2.45) is 0 Å². The Labute approximate surface area is 76.8 Å². The molecule has 0 bridgehead atoms. The van der Waals surface area contributed by atoms with Crippen LogP contribution in [0.2, 0.25) is 0 Å². The quantitative estimate of drug-likeness (QED) is 0.710. The highest BCUT2D eigenvalue weighted by atomic mass is 19.1. The first-order valence-corrected chi connectivity index (χ1v) is 4.43. The second-order valence-electron chi connectivity index (χ2n) is 2.90. The number of nitrogens with one attached hydrogen (secondary N) is 1. The minimum atomic E-state index is -0.543. The molecule has 0 spiro atoms. The Morgan fingerprint density at radius 2 is 2.08 bits per heavy atom. The lowest BCUT2D eigenvalue weighted by Gasteiger charge is -2.05. The minimum Gasteiger partial charge on any atom is -0.383 e. The summed E-state index contributed by atoms with van der Waals surface area (Å²) < 4.78 is 25.4. The Hall–Kier alpha value is -1.12. The standard InChI is InChI=1S/C10H13F2N/c1-2-3-6-13-10-5-4-8(11)7-9(10)12/h4-5,7,13H,2-3,6H2,1H3. The lowest BCUT2D eigenvalue weighted by atomic mass is 10.2. The second-order valence-corrected chi connectivity index (χ2v) is 2.90. The van der Waals surface area contributed by atoms with Gasteiger partial charge in [0.15, 0.2) is 0 Å². The molecule has 1 N–H and O–H groups in total. The molecule has 0 amide bonds. The molecular weight excluding hydrogens is 172 g/mol. The summed E-state index contributed by atoms with van der Waals surface area (Å²) in [5, 5.41) is 2.90. The molecule has 0 unspecified atom stereocenters. The molecule has 0 aliphatic carbocycles. The van der Waals surface area contributed by atoms with E-state index in [1.165, 1.54) is 12.1 Å². The van der Waals surface area contributed by atoms with Crippen LogP contribution in [-0.2, 0) is 0 Å². The Bertz CT molecular complexity index is 274. The SMILES string of the molecule is CCCCNc1ccc(F)cc1F. The molecule has 0 aliphatic rings. The van der Waals surface area contributed by atoms with E-state index in [1.54, 1.807) is 0 Å². The van der Waals surface area contributed by atoms with Gasteiger partial charge in [0.2, 0.25) is 0 Å². The van der Waals surface area contributed by atoms with Gasteiger partial charge in [-0.3, -0.25) is 0 Å². The highest BCUT2D eigenvalue weighted by Crippen LogP contribution is 2.14. The molecule has 0 aromatic heterocycles. The Kier molecular flexibility index (Phi) is 3.68. The lowest BCUT2D eigenvalue weighted by Crippen LogP contribution is -2.02. The number of benzene rings is 1. The first-order valence-electron chi connectivity index (χ1n) is 4.43. The average Bonchev–Trinajstić information content (AvgIpc) is 2.09. The van der Waals surface area contributed by atoms with E-state index in [0.717, 1.165) is 25.5 Å². The number of hydrogen-bond donors (Lipinski definition) is 1. The van der Waals surface area contributed by atoms with E-state index in [9.17, 15) is 8.78 Å². The van der Waals surface area contributed by atoms with Crippen LogP contribution in [0.25, 0.3) is 0 Å². The molecular formula is C10H13F2N. The van der Waals surface area contributed by atoms with Crippen LogP contribution in [0.4, 0.5) is 14.5 Å². The van der Waals surface area contributed by atoms with Gasteiger partial charge < -0.3 is 5.32 Å². The van der Waals surface area contributed by atoms with Gasteiger partial charge >= 0.3 is 0 Å². The maximum atomic E-state index is 13.0. The van der Waals surface area contributed by atoms with E-state index >= 15 is 0 Å². The molecule has 72 valence electrons. The third-order valence-corrected chi connectivity index (χ3v) is 1.78. The summed E-state index contributed by atoms with van der Waals surface area (Å²) in [5.74, 6) is -1.07. The molecule has 1 aromatic rings. The van der Waals surface area contributed by atoms with E-state index in [2.05, 4.69) is 12.2 Å². The van der Waals surface area contributed by atoms with Gasteiger partial charge in [-0.25, -0.2) is 8.78 Å². The van der Waals surface area contributed by atoms with Crippen molar-refractivity contribution in [3.63, 3.8) is 0 Å². The molecule has 3 heteroatoms. The van der Waals surface area contributed by atoms with Crippen LogP contribution in [-0.4, -0.2) is 6.54 Å². The van der Waals surface area contributed by atoms with E-state index in [-0.39, 0.29) is 0 Å². The van der Waals surface area contributed by atoms with E-state index < -0.39 is 11.6 Å². The van der Waals surface area contributed by atoms with Crippen LogP contribution in [0, 0.1) is 11.6 Å². The van der Waals surface area contributed by atoms with Crippen molar-refractivity contribution in [2.75, 3.05) is 11.9 Å². The van der Waals surface area contributed by atoms with Crippen LogP contribution in [0.15, 0.2) is 18.2 Å². The van der Waals surface area contributed by atoms with Gasteiger partial charge in [0.25, 0.3) is 0 Å². The van der Waals surface area contributed by atoms with Crippen molar-refractivity contribution < 1.29 is 8.78 Å². The molecule has 13 heavy (non-hydrogen) atoms. The fraction of sp³-hybridized carbons (Fsp3) is 0.400. The molecule has 0 heterocycles. The third kappa shape index (κ3) is 3.01. The van der Waals surface area contributed by atoms with Crippen molar-refractivity contribution in [1.82, 2.24) is 0 Å². The topological polar surface area (TPSA) is 12.0 Å². The molecule has 1 aromatic carbocycles. The molecule has 0 aliphatic heterocycles. The highest BCUT2D eigenvalue weighted by molar-refractivity contribution is 5.44. The summed E-state index contributed by atoms with van der Waals surface area (Å²) in [6.07, 6.45) is 2.03. The van der Waals surface area contributed by atoms with Crippen LogP contribution < -0.4 is 5.32 Å². The van der Waals surface area contributed by atoms with Crippen LogP contribution >= 0.6 is 0 Å². The van der Waals surface area contributed by atoms with Gasteiger partial charge in [0.1, 0.15) is 11.6 Å². The Morgan fingerprint density at radius 1 is 1.31 bits per heavy atom. The molecule has 0 radical (unpaired) electrons. The molecule has 0 atom stereocenters. The summed E-state index contributed by atoms with van der Waals surface area (Å²) in [6.45, 7) is 2.78. The van der Waals surface area contributed by atoms with E-state index in [0.29, 0.717) is 5.69 Å². The molecule has 1 rings (SSSR count). The molecule has 0 saturated carbocycles. The largest absolute Gasteiger partial charge is 0.383 e. The summed E-state index contributed by atoms with van der Waals surface area (Å²) >= 11 is 0. The Balaban J connectivity index is 2.56. The van der Waals surface area contributed by atoms with Crippen LogP contribution in [0.5, 0.6) is 0 Å². The monoisotopic (exact) mass is 185 g/mol. The first kappa shape index (κ1) is 9.96. The minimum absolute atomic E-state index is 0.370. The molecule has 1 nitrogen and oxygen atoms in total. The van der Waals surface area contributed by atoms with Gasteiger partial charge in [-0.1, -0.05) is 13.3 Å². The van der Waals surface area contributed by atoms with Gasteiger partial charge in [-0.05, 0) is 18.6 Å². The molecule has 0 fully saturated rings. The number of hydrogen-bond acceptors (Lipinski definition) is 1. The van der Waals surface area contributed by atoms with Crippen molar-refractivity contribution in [1.29, 1.82) is 0 Å². The summed E-state index contributed by atoms with van der Waals surface area (Å²) in [4.78, 5) is 0. The van der Waals surface area contributed by atoms with E-state index in [4.69, 9.17) is 0 Å². The predicted octanol–water partition coefficient (Wildman–Crippen LogP) is 3.18. The average molecular weight is 185 g/mol. The maximum Gasteiger partial charge on any atom is 0.149 e. The smallest absolute Gasteiger partial charge is 0.149 e. The number of rotatable bonds is 4. The zero-order valence-electron chi connectivity index (χ0n) is 7.61. The summed E-state index contributed by atoms with van der Waals surface area (Å²) in [6, 6.07) is 3.55. The fourth-order valence-electron chi connectivity index (χ4n) is 1.03. The zero-order valence-corrected chi connectivity index (χ0v) is 7.61. The van der Waals surface area contributed by atoms with Crippen LogP contribution in [0.3, 0.4) is 0 Å². The van der Waals surface area contributed by atoms with E-state index in [1.807, 2.05) is 0 Å². The second kappa shape index (κ2) is 4.80. The summed E-state index contributed by atoms with van der Waals surface area (Å²) in [5.41, 5.74) is 0.370. The van der Waals surface area contributed by atoms with Crippen LogP contribution in [0.1, 0.15) is 19.8 Å². The van der Waals surface area contributed by atoms with Gasteiger partial charge in [0.05, 0.1) is 5.69 Å². The van der Waals surface area contributed by atoms with Gasteiger partial charge in [-0.15, -0.1) is 0 Å². The molecule has 0 saturated heterocycles. The van der Waals surface area contributed by atoms with Crippen molar-refractivity contribution >= 4 is 5.69 Å². The number of anilines is 1. The maximum absolute atomic E-state index is 13.0. The lowest BCUT2D eigenvalue weighted by molar-refractivity contribution is 0.585. The van der Waals surface area contributed by atoms with Crippen molar-refractivity contribution in [2.45, 2.75) is 19.8 Å². The zero-order chi connectivity index (χ0) is 9.68. The van der Waals surface area contributed by atoms with Gasteiger partial charge in [0, 0.05) is 12.6 Å². The normalized spacial score (nSPS) is 10.1.